The summed E-state index contributed by atoms with van der Waals surface area (Å²) in [5, 5.41) is 2.86. The third-order valence-corrected chi connectivity index (χ3v) is 4.57. The summed E-state index contributed by atoms with van der Waals surface area (Å²) in [6.45, 7) is 1.87. The highest BCUT2D eigenvalue weighted by Crippen LogP contribution is 2.23. The summed E-state index contributed by atoms with van der Waals surface area (Å²) < 4.78 is 19.0. The van der Waals surface area contributed by atoms with E-state index in [0.29, 0.717) is 12.0 Å². The highest BCUT2D eigenvalue weighted by molar-refractivity contribution is 5.91. The fourth-order valence-electron chi connectivity index (χ4n) is 3.08. The Morgan fingerprint density at radius 1 is 1.24 bits per heavy atom. The Labute approximate surface area is 147 Å². The van der Waals surface area contributed by atoms with Crippen molar-refractivity contribution in [2.24, 2.45) is 0 Å². The fourth-order valence-corrected chi connectivity index (χ4v) is 3.08. The Kier molecular flexibility index (Phi) is 5.66. The van der Waals surface area contributed by atoms with Crippen molar-refractivity contribution in [3.63, 3.8) is 0 Å². The highest BCUT2D eigenvalue weighted by atomic mass is 19.1. The van der Waals surface area contributed by atoms with Crippen LogP contribution in [0, 0.1) is 5.82 Å². The molecule has 1 atom stereocenters. The van der Waals surface area contributed by atoms with Crippen LogP contribution in [0.25, 0.3) is 0 Å². The second-order valence-corrected chi connectivity index (χ2v) is 6.28. The number of anilines is 2. The molecule has 0 spiro atoms. The van der Waals surface area contributed by atoms with E-state index in [1.54, 1.807) is 25.3 Å². The van der Waals surface area contributed by atoms with E-state index in [0.717, 1.165) is 30.9 Å². The van der Waals surface area contributed by atoms with Crippen LogP contribution in [-0.4, -0.2) is 32.2 Å². The maximum atomic E-state index is 13.6. The normalized spacial score (nSPS) is 16.9. The first-order valence-electron chi connectivity index (χ1n) is 8.57. The summed E-state index contributed by atoms with van der Waals surface area (Å²) in [7, 11) is 1.74. The number of ether oxygens (including phenoxy) is 1. The van der Waals surface area contributed by atoms with Crippen LogP contribution < -0.4 is 10.2 Å². The van der Waals surface area contributed by atoms with E-state index in [1.807, 2.05) is 24.3 Å². The summed E-state index contributed by atoms with van der Waals surface area (Å²) in [5.41, 5.74) is 2.45. The number of rotatable bonds is 6. The third-order valence-electron chi connectivity index (χ3n) is 4.57. The van der Waals surface area contributed by atoms with Crippen molar-refractivity contribution in [1.82, 2.24) is 0 Å². The van der Waals surface area contributed by atoms with Crippen LogP contribution in [0.15, 0.2) is 48.5 Å². The second-order valence-electron chi connectivity index (χ2n) is 6.28. The number of amides is 1. The largest absolute Gasteiger partial charge is 0.380 e. The van der Waals surface area contributed by atoms with Gasteiger partial charge in [-0.05, 0) is 48.7 Å². The van der Waals surface area contributed by atoms with Crippen LogP contribution in [0.1, 0.15) is 18.4 Å². The molecule has 1 saturated heterocycles. The summed E-state index contributed by atoms with van der Waals surface area (Å²) in [6, 6.07) is 14.4. The third kappa shape index (κ3) is 4.57. The van der Waals surface area contributed by atoms with Crippen LogP contribution in [0.5, 0.6) is 0 Å². The van der Waals surface area contributed by atoms with Crippen LogP contribution >= 0.6 is 0 Å². The van der Waals surface area contributed by atoms with Crippen LogP contribution in [-0.2, 0) is 16.0 Å². The van der Waals surface area contributed by atoms with Gasteiger partial charge in [0, 0.05) is 38.0 Å². The van der Waals surface area contributed by atoms with E-state index >= 15 is 0 Å². The first-order valence-corrected chi connectivity index (χ1v) is 8.57. The summed E-state index contributed by atoms with van der Waals surface area (Å²) >= 11 is 0. The predicted octanol–water partition coefficient (Wildman–Crippen LogP) is 3.62. The first-order chi connectivity index (χ1) is 12.2. The average molecular weight is 342 g/mol. The minimum absolute atomic E-state index is 0.114. The molecule has 0 saturated carbocycles. The zero-order chi connectivity index (χ0) is 17.6. The average Bonchev–Trinajstić information content (AvgIpc) is 3.11. The molecule has 0 bridgehead atoms. The lowest BCUT2D eigenvalue weighted by molar-refractivity contribution is -0.116. The molecular weight excluding hydrogens is 319 g/mol. The van der Waals surface area contributed by atoms with Gasteiger partial charge in [0.05, 0.1) is 6.10 Å². The lowest BCUT2D eigenvalue weighted by atomic mass is 10.1. The van der Waals surface area contributed by atoms with E-state index in [9.17, 15) is 9.18 Å². The molecular formula is C20H23FN2O2. The number of nitrogens with one attached hydrogen (secondary N) is 1. The molecule has 1 N–H and O–H groups in total. The maximum absolute atomic E-state index is 13.6. The molecule has 1 fully saturated rings. The molecule has 1 aliphatic rings. The van der Waals surface area contributed by atoms with E-state index in [4.69, 9.17) is 4.74 Å². The van der Waals surface area contributed by atoms with Gasteiger partial charge < -0.3 is 15.0 Å². The number of hydrogen-bond acceptors (Lipinski definition) is 3. The molecule has 1 aliphatic heterocycles. The van der Waals surface area contributed by atoms with Crippen LogP contribution in [0.4, 0.5) is 15.8 Å². The lowest BCUT2D eigenvalue weighted by Gasteiger charge is -2.18. The van der Waals surface area contributed by atoms with Crippen molar-refractivity contribution >= 4 is 17.3 Å². The van der Waals surface area contributed by atoms with Crippen LogP contribution in [0.2, 0.25) is 0 Å². The standard InChI is InChI=1S/C20H23FN2O2/c1-25-18-12-13-23(14-18)17-9-7-16(8-10-17)22-20(24)11-6-15-4-2-3-5-19(15)21/h2-5,7-10,18H,6,11-14H2,1H3,(H,22,24). The molecule has 1 heterocycles. The topological polar surface area (TPSA) is 41.6 Å². The Morgan fingerprint density at radius 3 is 2.68 bits per heavy atom. The van der Waals surface area contributed by atoms with Crippen molar-refractivity contribution in [3.8, 4) is 0 Å². The van der Waals surface area contributed by atoms with E-state index < -0.39 is 0 Å². The molecule has 132 valence electrons. The number of hydrogen-bond donors (Lipinski definition) is 1. The Hall–Kier alpha value is -2.40. The van der Waals surface area contributed by atoms with Crippen LogP contribution in [0.3, 0.4) is 0 Å². The lowest BCUT2D eigenvalue weighted by Crippen LogP contribution is -2.22. The van der Waals surface area contributed by atoms with Crippen molar-refractivity contribution in [2.75, 3.05) is 30.4 Å². The Bertz CT molecular complexity index is 718. The first kappa shape index (κ1) is 17.4. The van der Waals surface area contributed by atoms with E-state index in [1.165, 1.54) is 6.07 Å². The minimum Gasteiger partial charge on any atom is -0.380 e. The molecule has 0 radical (unpaired) electrons. The number of halogens is 1. The Balaban J connectivity index is 1.51. The smallest absolute Gasteiger partial charge is 0.224 e. The monoisotopic (exact) mass is 342 g/mol. The minimum atomic E-state index is -0.264. The highest BCUT2D eigenvalue weighted by Gasteiger charge is 2.22. The number of carbonyl (C=O) groups excluding carboxylic acids is 1. The summed E-state index contributed by atoms with van der Waals surface area (Å²) in [5.74, 6) is -0.378. The van der Waals surface area contributed by atoms with Gasteiger partial charge in [0.2, 0.25) is 5.91 Å². The van der Waals surface area contributed by atoms with Gasteiger partial charge in [-0.3, -0.25) is 4.79 Å². The van der Waals surface area contributed by atoms with E-state index in [2.05, 4.69) is 10.2 Å². The van der Waals surface area contributed by atoms with Gasteiger partial charge >= 0.3 is 0 Å². The zero-order valence-corrected chi connectivity index (χ0v) is 14.4. The number of aryl methyl sites for hydroxylation is 1. The number of methoxy groups -OCH3 is 1. The molecule has 25 heavy (non-hydrogen) atoms. The number of nitrogens with zero attached hydrogens (tertiary/aromatic N) is 1. The SMILES string of the molecule is COC1CCN(c2ccc(NC(=O)CCc3ccccc3F)cc2)C1. The van der Waals surface area contributed by atoms with Gasteiger partial charge in [-0.15, -0.1) is 0 Å². The van der Waals surface area contributed by atoms with Gasteiger partial charge in [-0.2, -0.15) is 0 Å². The maximum Gasteiger partial charge on any atom is 0.224 e. The van der Waals surface area contributed by atoms with Gasteiger partial charge in [0.1, 0.15) is 5.82 Å². The van der Waals surface area contributed by atoms with Gasteiger partial charge in [-0.1, -0.05) is 18.2 Å². The van der Waals surface area contributed by atoms with Crippen molar-refractivity contribution < 1.29 is 13.9 Å². The fraction of sp³-hybridized carbons (Fsp3) is 0.350. The summed E-state index contributed by atoms with van der Waals surface area (Å²) in [4.78, 5) is 14.3. The molecule has 2 aromatic carbocycles. The zero-order valence-electron chi connectivity index (χ0n) is 14.4. The number of carbonyl (C=O) groups is 1. The predicted molar refractivity (Wildman–Crippen MR) is 97.4 cm³/mol. The molecule has 1 amide bonds. The molecule has 0 aliphatic carbocycles. The number of benzene rings is 2. The summed E-state index contributed by atoms with van der Waals surface area (Å²) in [6.07, 6.45) is 1.97. The Morgan fingerprint density at radius 2 is 2.00 bits per heavy atom. The second kappa shape index (κ2) is 8.12. The molecule has 4 nitrogen and oxygen atoms in total. The van der Waals surface area contributed by atoms with Crippen molar-refractivity contribution in [3.05, 3.63) is 59.9 Å². The van der Waals surface area contributed by atoms with Gasteiger partial charge in [0.25, 0.3) is 0 Å². The van der Waals surface area contributed by atoms with Gasteiger partial charge in [-0.25, -0.2) is 4.39 Å². The van der Waals surface area contributed by atoms with Crippen molar-refractivity contribution in [1.29, 1.82) is 0 Å². The molecule has 2 aromatic rings. The quantitative estimate of drug-likeness (QED) is 0.872. The van der Waals surface area contributed by atoms with E-state index in [-0.39, 0.29) is 24.2 Å². The van der Waals surface area contributed by atoms with Gasteiger partial charge in [0.15, 0.2) is 0 Å². The van der Waals surface area contributed by atoms with Crippen molar-refractivity contribution in [2.45, 2.75) is 25.4 Å². The molecule has 3 rings (SSSR count). The molecule has 1 unspecified atom stereocenters. The molecule has 5 heteroatoms. The molecule has 0 aromatic heterocycles.